The number of benzene rings is 1. The fourth-order valence-electron chi connectivity index (χ4n) is 3.12. The van der Waals surface area contributed by atoms with E-state index in [1.165, 1.54) is 4.90 Å². The predicted molar refractivity (Wildman–Crippen MR) is 110 cm³/mol. The van der Waals surface area contributed by atoms with Crippen molar-refractivity contribution in [2.45, 2.75) is 6.54 Å². The standard InChI is InChI=1S/C20H16ClN5O3/c1-25(2)20(29)17-16-15(18(27)13-4-3-12(21)9-14(13)23-16)19(28)26(24-17)10-11-5-7-22-8-6-11/h3-9H,10H2,1-2H3,(H,23,27). The van der Waals surface area contributed by atoms with Gasteiger partial charge in [0.2, 0.25) is 5.43 Å². The van der Waals surface area contributed by atoms with Crippen molar-refractivity contribution in [2.75, 3.05) is 14.1 Å². The molecule has 3 aromatic heterocycles. The Kier molecular flexibility index (Phi) is 4.63. The number of aromatic nitrogens is 4. The molecule has 0 aliphatic heterocycles. The molecule has 0 unspecified atom stereocenters. The quantitative estimate of drug-likeness (QED) is 0.522. The molecule has 146 valence electrons. The molecule has 1 aromatic carbocycles. The van der Waals surface area contributed by atoms with E-state index in [0.29, 0.717) is 15.9 Å². The van der Waals surface area contributed by atoms with Crippen molar-refractivity contribution < 1.29 is 4.79 Å². The normalized spacial score (nSPS) is 11.1. The number of fused-ring (bicyclic) bond motifs is 2. The van der Waals surface area contributed by atoms with Crippen molar-refractivity contribution in [3.8, 4) is 0 Å². The Morgan fingerprint density at radius 1 is 1.17 bits per heavy atom. The minimum absolute atomic E-state index is 0.0161. The molecule has 3 heterocycles. The molecule has 0 aliphatic carbocycles. The minimum atomic E-state index is -0.579. The Labute approximate surface area is 169 Å². The summed E-state index contributed by atoms with van der Waals surface area (Å²) < 4.78 is 1.13. The number of aromatic amines is 1. The highest BCUT2D eigenvalue weighted by molar-refractivity contribution is 6.31. The number of nitrogens with one attached hydrogen (secondary N) is 1. The second-order valence-electron chi connectivity index (χ2n) is 6.76. The first-order valence-corrected chi connectivity index (χ1v) is 9.11. The fourth-order valence-corrected chi connectivity index (χ4v) is 3.29. The third-order valence-electron chi connectivity index (χ3n) is 4.56. The summed E-state index contributed by atoms with van der Waals surface area (Å²) in [6.45, 7) is 0.100. The number of halogens is 1. The molecule has 29 heavy (non-hydrogen) atoms. The number of carbonyl (C=O) groups excluding carboxylic acids is 1. The van der Waals surface area contributed by atoms with E-state index in [4.69, 9.17) is 11.6 Å². The number of H-pyrrole nitrogens is 1. The molecule has 0 saturated heterocycles. The topological polar surface area (TPSA) is 101 Å². The van der Waals surface area contributed by atoms with E-state index < -0.39 is 16.9 Å². The van der Waals surface area contributed by atoms with Crippen LogP contribution in [-0.4, -0.2) is 44.7 Å². The lowest BCUT2D eigenvalue weighted by Crippen LogP contribution is -2.33. The fraction of sp³-hybridized carbons (Fsp3) is 0.150. The first kappa shape index (κ1) is 18.8. The number of hydrogen-bond acceptors (Lipinski definition) is 5. The van der Waals surface area contributed by atoms with Gasteiger partial charge < -0.3 is 9.88 Å². The van der Waals surface area contributed by atoms with Gasteiger partial charge in [0.1, 0.15) is 5.39 Å². The summed E-state index contributed by atoms with van der Waals surface area (Å²) in [5.74, 6) is -0.435. The average molecular weight is 410 g/mol. The maximum atomic E-state index is 13.1. The number of amides is 1. The molecular formula is C20H16ClN5O3. The van der Waals surface area contributed by atoms with Gasteiger partial charge in [-0.2, -0.15) is 5.10 Å². The van der Waals surface area contributed by atoms with Crippen LogP contribution in [-0.2, 0) is 6.54 Å². The summed E-state index contributed by atoms with van der Waals surface area (Å²) in [4.78, 5) is 47.3. The van der Waals surface area contributed by atoms with Crippen LogP contribution in [0.4, 0.5) is 0 Å². The van der Waals surface area contributed by atoms with Crippen molar-refractivity contribution >= 4 is 39.3 Å². The van der Waals surface area contributed by atoms with Gasteiger partial charge in [-0.3, -0.25) is 19.4 Å². The van der Waals surface area contributed by atoms with E-state index in [-0.39, 0.29) is 23.1 Å². The van der Waals surface area contributed by atoms with Crippen molar-refractivity contribution in [2.24, 2.45) is 0 Å². The highest BCUT2D eigenvalue weighted by atomic mass is 35.5. The summed E-state index contributed by atoms with van der Waals surface area (Å²) in [6.07, 6.45) is 3.19. The minimum Gasteiger partial charge on any atom is -0.352 e. The maximum Gasteiger partial charge on any atom is 0.280 e. The Balaban J connectivity index is 2.10. The van der Waals surface area contributed by atoms with Crippen molar-refractivity contribution in [1.82, 2.24) is 24.6 Å². The summed E-state index contributed by atoms with van der Waals surface area (Å²) in [5.41, 5.74) is 0.216. The van der Waals surface area contributed by atoms with Gasteiger partial charge >= 0.3 is 0 Å². The number of carbonyl (C=O) groups is 1. The monoisotopic (exact) mass is 409 g/mol. The van der Waals surface area contributed by atoms with Crippen LogP contribution in [0, 0.1) is 0 Å². The lowest BCUT2D eigenvalue weighted by molar-refractivity contribution is 0.0821. The average Bonchev–Trinajstić information content (AvgIpc) is 2.70. The molecule has 0 saturated carbocycles. The Morgan fingerprint density at radius 2 is 1.90 bits per heavy atom. The van der Waals surface area contributed by atoms with E-state index in [0.717, 1.165) is 10.2 Å². The highest BCUT2D eigenvalue weighted by Crippen LogP contribution is 2.19. The second kappa shape index (κ2) is 7.14. The SMILES string of the molecule is CN(C)C(=O)c1nn(Cc2ccncc2)c(=O)c2c(=O)c3ccc(Cl)cc3[nH]c12. The molecule has 4 aromatic rings. The van der Waals surface area contributed by atoms with Gasteiger partial charge in [-0.1, -0.05) is 11.6 Å². The zero-order valence-electron chi connectivity index (χ0n) is 15.6. The zero-order chi connectivity index (χ0) is 20.7. The van der Waals surface area contributed by atoms with E-state index in [2.05, 4.69) is 15.1 Å². The second-order valence-corrected chi connectivity index (χ2v) is 7.20. The van der Waals surface area contributed by atoms with Gasteiger partial charge in [0.15, 0.2) is 5.69 Å². The first-order valence-electron chi connectivity index (χ1n) is 8.73. The molecule has 8 nitrogen and oxygen atoms in total. The van der Waals surface area contributed by atoms with E-state index >= 15 is 0 Å². The van der Waals surface area contributed by atoms with Crippen LogP contribution < -0.4 is 11.0 Å². The summed E-state index contributed by atoms with van der Waals surface area (Å²) >= 11 is 6.04. The van der Waals surface area contributed by atoms with Crippen LogP contribution in [0.3, 0.4) is 0 Å². The number of hydrogen-bond donors (Lipinski definition) is 1. The van der Waals surface area contributed by atoms with Crippen molar-refractivity contribution in [1.29, 1.82) is 0 Å². The maximum absolute atomic E-state index is 13.1. The van der Waals surface area contributed by atoms with Gasteiger partial charge in [0, 0.05) is 36.9 Å². The molecule has 0 aliphatic rings. The lowest BCUT2D eigenvalue weighted by Gasteiger charge is -2.14. The molecular weight excluding hydrogens is 394 g/mol. The van der Waals surface area contributed by atoms with E-state index in [1.54, 1.807) is 56.8 Å². The molecule has 9 heteroatoms. The molecule has 0 radical (unpaired) electrons. The Bertz CT molecular complexity index is 1380. The van der Waals surface area contributed by atoms with Crippen LogP contribution in [0.15, 0.2) is 52.3 Å². The zero-order valence-corrected chi connectivity index (χ0v) is 16.4. The summed E-state index contributed by atoms with van der Waals surface area (Å²) in [6, 6.07) is 8.17. The van der Waals surface area contributed by atoms with Crippen LogP contribution >= 0.6 is 11.6 Å². The molecule has 0 fully saturated rings. The van der Waals surface area contributed by atoms with Crippen LogP contribution in [0.5, 0.6) is 0 Å². The molecule has 0 bridgehead atoms. The third kappa shape index (κ3) is 3.27. The van der Waals surface area contributed by atoms with Gasteiger partial charge in [0.05, 0.1) is 17.6 Å². The number of nitrogens with zero attached hydrogens (tertiary/aromatic N) is 4. The van der Waals surface area contributed by atoms with Crippen LogP contribution in [0.2, 0.25) is 5.02 Å². The highest BCUT2D eigenvalue weighted by Gasteiger charge is 2.22. The number of rotatable bonds is 3. The summed E-state index contributed by atoms with van der Waals surface area (Å²) in [7, 11) is 3.15. The molecule has 4 rings (SSSR count). The Morgan fingerprint density at radius 3 is 2.59 bits per heavy atom. The first-order chi connectivity index (χ1) is 13.9. The Hall–Kier alpha value is -3.52. The van der Waals surface area contributed by atoms with Gasteiger partial charge in [-0.05, 0) is 35.9 Å². The molecule has 0 spiro atoms. The third-order valence-corrected chi connectivity index (χ3v) is 4.79. The van der Waals surface area contributed by atoms with Gasteiger partial charge in [-0.15, -0.1) is 0 Å². The van der Waals surface area contributed by atoms with Gasteiger partial charge in [0.25, 0.3) is 11.5 Å². The van der Waals surface area contributed by atoms with Crippen LogP contribution in [0.1, 0.15) is 16.1 Å². The molecule has 0 atom stereocenters. The van der Waals surface area contributed by atoms with E-state index in [9.17, 15) is 14.4 Å². The van der Waals surface area contributed by atoms with E-state index in [1.807, 2.05) is 0 Å². The van der Waals surface area contributed by atoms with Crippen LogP contribution in [0.25, 0.3) is 21.8 Å². The number of pyridine rings is 2. The molecule has 1 N–H and O–H groups in total. The van der Waals surface area contributed by atoms with Crippen molar-refractivity contribution in [3.05, 3.63) is 79.6 Å². The predicted octanol–water partition coefficient (Wildman–Crippen LogP) is 2.04. The smallest absolute Gasteiger partial charge is 0.280 e. The largest absolute Gasteiger partial charge is 0.352 e. The van der Waals surface area contributed by atoms with Gasteiger partial charge in [-0.25, -0.2) is 4.68 Å². The summed E-state index contributed by atoms with van der Waals surface area (Å²) in [5, 5.41) is 4.89. The molecule has 1 amide bonds. The lowest BCUT2D eigenvalue weighted by atomic mass is 10.1. The van der Waals surface area contributed by atoms with Crippen molar-refractivity contribution in [3.63, 3.8) is 0 Å².